The number of nitrogens with one attached hydrogen (secondary N) is 1. The number of para-hydroxylation sites is 1. The standard InChI is InChI=1S/C18H17BrN6O/c1-12-18(23-25(22-12)16-6-4-3-5-7-16)17(13(2)24-26)21-20-15-10-8-14(19)9-11-15/h3-11,20,26H,1-2H3/b21-17+,24-13+. The number of nitrogens with zero attached hydrogens (tertiary/aromatic N) is 5. The van der Waals surface area contributed by atoms with Gasteiger partial charge in [-0.2, -0.15) is 15.0 Å². The van der Waals surface area contributed by atoms with Crippen molar-refractivity contribution in [3.8, 4) is 5.69 Å². The number of benzene rings is 2. The summed E-state index contributed by atoms with van der Waals surface area (Å²) in [5.74, 6) is 0. The Morgan fingerprint density at radius 1 is 1.08 bits per heavy atom. The molecule has 1 heterocycles. The summed E-state index contributed by atoms with van der Waals surface area (Å²) in [7, 11) is 0. The number of hydrogen-bond donors (Lipinski definition) is 2. The molecule has 3 aromatic rings. The number of oxime groups is 1. The Kier molecular flexibility index (Phi) is 5.43. The smallest absolute Gasteiger partial charge is 0.138 e. The van der Waals surface area contributed by atoms with E-state index >= 15 is 0 Å². The van der Waals surface area contributed by atoms with Crippen molar-refractivity contribution in [2.24, 2.45) is 10.3 Å². The Morgan fingerprint density at radius 3 is 2.42 bits per heavy atom. The molecule has 0 fully saturated rings. The van der Waals surface area contributed by atoms with Crippen LogP contribution in [-0.4, -0.2) is 31.6 Å². The molecule has 26 heavy (non-hydrogen) atoms. The first-order valence-electron chi connectivity index (χ1n) is 7.86. The number of aryl methyl sites for hydroxylation is 1. The molecule has 7 nitrogen and oxygen atoms in total. The average Bonchev–Trinajstić information content (AvgIpc) is 3.05. The molecule has 0 atom stereocenters. The summed E-state index contributed by atoms with van der Waals surface area (Å²) < 4.78 is 0.974. The molecule has 3 rings (SSSR count). The van der Waals surface area contributed by atoms with E-state index in [4.69, 9.17) is 0 Å². The van der Waals surface area contributed by atoms with Crippen LogP contribution in [0.2, 0.25) is 0 Å². The summed E-state index contributed by atoms with van der Waals surface area (Å²) in [4.78, 5) is 1.53. The van der Waals surface area contributed by atoms with Gasteiger partial charge in [-0.1, -0.05) is 39.3 Å². The van der Waals surface area contributed by atoms with Crippen LogP contribution < -0.4 is 5.43 Å². The molecule has 0 aliphatic rings. The highest BCUT2D eigenvalue weighted by Gasteiger charge is 2.18. The van der Waals surface area contributed by atoms with Gasteiger partial charge in [0.15, 0.2) is 0 Å². The molecule has 0 unspecified atom stereocenters. The first kappa shape index (κ1) is 17.8. The predicted octanol–water partition coefficient (Wildman–Crippen LogP) is 4.00. The minimum Gasteiger partial charge on any atom is -0.411 e. The van der Waals surface area contributed by atoms with E-state index < -0.39 is 0 Å². The maximum atomic E-state index is 9.23. The molecule has 1 aromatic heterocycles. The van der Waals surface area contributed by atoms with E-state index in [1.165, 1.54) is 4.80 Å². The lowest BCUT2D eigenvalue weighted by molar-refractivity contribution is 0.320. The topological polar surface area (TPSA) is 87.7 Å². The predicted molar refractivity (Wildman–Crippen MR) is 105 cm³/mol. The Balaban J connectivity index is 1.97. The third-order valence-electron chi connectivity index (χ3n) is 3.63. The van der Waals surface area contributed by atoms with Gasteiger partial charge in [0.05, 0.1) is 17.1 Å². The van der Waals surface area contributed by atoms with Crippen LogP contribution in [-0.2, 0) is 0 Å². The molecular formula is C18H17BrN6O. The fourth-order valence-electron chi connectivity index (χ4n) is 2.27. The van der Waals surface area contributed by atoms with Crippen molar-refractivity contribution in [2.45, 2.75) is 13.8 Å². The highest BCUT2D eigenvalue weighted by atomic mass is 79.9. The summed E-state index contributed by atoms with van der Waals surface area (Å²) in [6.07, 6.45) is 0. The number of hydrazone groups is 1. The van der Waals surface area contributed by atoms with Crippen molar-refractivity contribution in [1.82, 2.24) is 15.0 Å². The van der Waals surface area contributed by atoms with Crippen LogP contribution in [0.1, 0.15) is 18.3 Å². The van der Waals surface area contributed by atoms with Crippen LogP contribution in [0, 0.1) is 6.92 Å². The zero-order valence-corrected chi connectivity index (χ0v) is 15.8. The quantitative estimate of drug-likeness (QED) is 0.376. The molecule has 0 radical (unpaired) electrons. The maximum absolute atomic E-state index is 9.23. The third kappa shape index (κ3) is 3.97. The third-order valence-corrected chi connectivity index (χ3v) is 4.16. The second kappa shape index (κ2) is 7.92. The lowest BCUT2D eigenvalue weighted by Crippen LogP contribution is -2.16. The molecule has 8 heteroatoms. The van der Waals surface area contributed by atoms with Gasteiger partial charge in [-0.05, 0) is 50.2 Å². The Labute approximate surface area is 159 Å². The highest BCUT2D eigenvalue weighted by Crippen LogP contribution is 2.15. The fourth-order valence-corrected chi connectivity index (χ4v) is 2.54. The van der Waals surface area contributed by atoms with Gasteiger partial charge in [-0.3, -0.25) is 5.43 Å². The van der Waals surface area contributed by atoms with Crippen molar-refractivity contribution in [2.75, 3.05) is 5.43 Å². The summed E-state index contributed by atoms with van der Waals surface area (Å²) in [5, 5.41) is 25.8. The molecule has 0 spiro atoms. The average molecular weight is 413 g/mol. The van der Waals surface area contributed by atoms with Gasteiger partial charge in [-0.15, -0.1) is 5.10 Å². The van der Waals surface area contributed by atoms with Gasteiger partial charge in [0, 0.05) is 4.47 Å². The van der Waals surface area contributed by atoms with E-state index in [0.717, 1.165) is 15.8 Å². The molecule has 0 amide bonds. The molecule has 2 aromatic carbocycles. The van der Waals surface area contributed by atoms with E-state index in [9.17, 15) is 5.21 Å². The van der Waals surface area contributed by atoms with Crippen molar-refractivity contribution < 1.29 is 5.21 Å². The molecule has 0 saturated heterocycles. The van der Waals surface area contributed by atoms with Crippen LogP contribution in [0.5, 0.6) is 0 Å². The first-order chi connectivity index (χ1) is 12.6. The van der Waals surface area contributed by atoms with Crippen LogP contribution in [0.4, 0.5) is 5.69 Å². The molecular weight excluding hydrogens is 396 g/mol. The second-order valence-corrected chi connectivity index (χ2v) is 6.44. The monoisotopic (exact) mass is 412 g/mol. The number of hydrogen-bond acceptors (Lipinski definition) is 6. The number of halogens is 1. The van der Waals surface area contributed by atoms with E-state index in [1.54, 1.807) is 6.92 Å². The van der Waals surface area contributed by atoms with E-state index in [-0.39, 0.29) is 0 Å². The Bertz CT molecular complexity index is 948. The van der Waals surface area contributed by atoms with Gasteiger partial charge in [0.2, 0.25) is 0 Å². The number of aromatic nitrogens is 3. The summed E-state index contributed by atoms with van der Waals surface area (Å²) in [6, 6.07) is 17.1. The van der Waals surface area contributed by atoms with Gasteiger partial charge < -0.3 is 5.21 Å². The van der Waals surface area contributed by atoms with E-state index in [1.807, 2.05) is 61.5 Å². The zero-order chi connectivity index (χ0) is 18.5. The Morgan fingerprint density at radius 2 is 1.77 bits per heavy atom. The van der Waals surface area contributed by atoms with Crippen LogP contribution in [0.25, 0.3) is 5.69 Å². The number of anilines is 1. The maximum Gasteiger partial charge on any atom is 0.138 e. The normalized spacial score (nSPS) is 12.3. The molecule has 0 saturated carbocycles. The zero-order valence-electron chi connectivity index (χ0n) is 14.3. The largest absolute Gasteiger partial charge is 0.411 e. The SMILES string of the molecule is CC(=N\O)/C(=N\Nc1ccc(Br)cc1)c1nn(-c2ccccc2)nc1C. The molecule has 0 aliphatic heterocycles. The molecule has 0 aliphatic carbocycles. The van der Waals surface area contributed by atoms with Gasteiger partial charge >= 0.3 is 0 Å². The van der Waals surface area contributed by atoms with Crippen molar-refractivity contribution >= 4 is 33.0 Å². The lowest BCUT2D eigenvalue weighted by Gasteiger charge is -2.05. The highest BCUT2D eigenvalue weighted by molar-refractivity contribution is 9.10. The van der Waals surface area contributed by atoms with Crippen molar-refractivity contribution in [1.29, 1.82) is 0 Å². The van der Waals surface area contributed by atoms with Crippen LogP contribution >= 0.6 is 15.9 Å². The van der Waals surface area contributed by atoms with Crippen molar-refractivity contribution in [3.05, 3.63) is 70.5 Å². The molecule has 0 bridgehead atoms. The molecule has 132 valence electrons. The second-order valence-electron chi connectivity index (χ2n) is 5.52. The number of rotatable bonds is 5. The van der Waals surface area contributed by atoms with Gasteiger partial charge in [0.1, 0.15) is 17.1 Å². The van der Waals surface area contributed by atoms with Gasteiger partial charge in [-0.25, -0.2) is 0 Å². The summed E-state index contributed by atoms with van der Waals surface area (Å²) >= 11 is 3.39. The van der Waals surface area contributed by atoms with E-state index in [2.05, 4.69) is 41.8 Å². The van der Waals surface area contributed by atoms with E-state index in [0.29, 0.717) is 22.8 Å². The summed E-state index contributed by atoms with van der Waals surface area (Å²) in [6.45, 7) is 3.49. The van der Waals surface area contributed by atoms with Crippen LogP contribution in [0.3, 0.4) is 0 Å². The molecule has 2 N–H and O–H groups in total. The summed E-state index contributed by atoms with van der Waals surface area (Å²) in [5.41, 5.74) is 6.54. The minimum absolute atomic E-state index is 0.331. The van der Waals surface area contributed by atoms with Crippen LogP contribution in [0.15, 0.2) is 69.3 Å². The Hall–Kier alpha value is -3.00. The first-order valence-corrected chi connectivity index (χ1v) is 8.66. The fraction of sp³-hybridized carbons (Fsp3) is 0.111. The van der Waals surface area contributed by atoms with Gasteiger partial charge in [0.25, 0.3) is 0 Å². The lowest BCUT2D eigenvalue weighted by atomic mass is 10.1. The van der Waals surface area contributed by atoms with Crippen molar-refractivity contribution in [3.63, 3.8) is 0 Å². The minimum atomic E-state index is 0.331.